The van der Waals surface area contributed by atoms with Crippen molar-refractivity contribution < 1.29 is 9.53 Å². The highest BCUT2D eigenvalue weighted by Crippen LogP contribution is 2.30. The molecule has 1 aromatic carbocycles. The molecule has 1 aromatic heterocycles. The van der Waals surface area contributed by atoms with E-state index in [1.807, 2.05) is 35.6 Å². The second-order valence-electron chi connectivity index (χ2n) is 6.82. The molecule has 1 aliphatic heterocycles. The zero-order valence-corrected chi connectivity index (χ0v) is 16.5. The van der Waals surface area contributed by atoms with Crippen LogP contribution in [0.15, 0.2) is 35.7 Å². The van der Waals surface area contributed by atoms with Crippen molar-refractivity contribution in [3.63, 3.8) is 0 Å². The van der Waals surface area contributed by atoms with Crippen molar-refractivity contribution >= 4 is 22.9 Å². The van der Waals surface area contributed by atoms with Gasteiger partial charge in [0.15, 0.2) is 0 Å². The summed E-state index contributed by atoms with van der Waals surface area (Å²) in [5.41, 5.74) is 1.69. The maximum absolute atomic E-state index is 12.7. The third-order valence-corrected chi connectivity index (χ3v) is 6.17. The van der Waals surface area contributed by atoms with Gasteiger partial charge in [-0.15, -0.1) is 11.3 Å². The van der Waals surface area contributed by atoms with Crippen LogP contribution in [0.25, 0.3) is 0 Å². The Morgan fingerprint density at radius 3 is 2.69 bits per heavy atom. The molecule has 2 N–H and O–H groups in total. The number of benzene rings is 1. The summed E-state index contributed by atoms with van der Waals surface area (Å²) in [6, 6.07) is 9.93. The molecule has 0 bridgehead atoms. The van der Waals surface area contributed by atoms with E-state index in [4.69, 9.17) is 4.74 Å². The van der Waals surface area contributed by atoms with E-state index in [0.717, 1.165) is 43.9 Å². The van der Waals surface area contributed by atoms with Gasteiger partial charge in [-0.05, 0) is 48.9 Å². The average Bonchev–Trinajstić information content (AvgIpc) is 3.07. The fraction of sp³-hybridized carbons (Fsp3) is 0.450. The molecular weight excluding hydrogens is 346 g/mol. The predicted molar refractivity (Wildman–Crippen MR) is 107 cm³/mol. The van der Waals surface area contributed by atoms with Gasteiger partial charge in [-0.1, -0.05) is 6.07 Å². The molecule has 5 nitrogen and oxygen atoms in total. The predicted octanol–water partition coefficient (Wildman–Crippen LogP) is 3.26. The molecule has 0 aliphatic carbocycles. The van der Waals surface area contributed by atoms with Crippen molar-refractivity contribution in [3.8, 4) is 5.75 Å². The van der Waals surface area contributed by atoms with Gasteiger partial charge in [0, 0.05) is 43.3 Å². The SMILES string of the molecule is CNC(=O)C1(Nc2cccc(OC)c2)CCN(Cc2sccc2C)CC1. The van der Waals surface area contributed by atoms with E-state index in [1.54, 1.807) is 14.2 Å². The van der Waals surface area contributed by atoms with Crippen LogP contribution in [0.1, 0.15) is 23.3 Å². The number of rotatable bonds is 6. The first kappa shape index (κ1) is 18.7. The molecule has 0 radical (unpaired) electrons. The van der Waals surface area contributed by atoms with E-state index in [-0.39, 0.29) is 5.91 Å². The lowest BCUT2D eigenvalue weighted by Gasteiger charge is -2.41. The molecule has 140 valence electrons. The van der Waals surface area contributed by atoms with Gasteiger partial charge >= 0.3 is 0 Å². The topological polar surface area (TPSA) is 53.6 Å². The molecule has 2 heterocycles. The van der Waals surface area contributed by atoms with Crippen LogP contribution < -0.4 is 15.4 Å². The summed E-state index contributed by atoms with van der Waals surface area (Å²) in [4.78, 5) is 16.6. The van der Waals surface area contributed by atoms with E-state index in [9.17, 15) is 4.79 Å². The molecule has 1 aliphatic rings. The number of anilines is 1. The molecule has 0 spiro atoms. The summed E-state index contributed by atoms with van der Waals surface area (Å²) < 4.78 is 5.30. The third kappa shape index (κ3) is 4.02. The number of carbonyl (C=O) groups excluding carboxylic acids is 1. The number of likely N-dealkylation sites (tertiary alicyclic amines) is 1. The van der Waals surface area contributed by atoms with Crippen molar-refractivity contribution in [2.45, 2.75) is 31.8 Å². The molecule has 0 atom stereocenters. The first-order valence-corrected chi connectivity index (χ1v) is 9.84. The number of likely N-dealkylation sites (N-methyl/N-ethyl adjacent to an activating group) is 1. The highest BCUT2D eigenvalue weighted by atomic mass is 32.1. The van der Waals surface area contributed by atoms with Crippen LogP contribution in [0.5, 0.6) is 5.75 Å². The van der Waals surface area contributed by atoms with Crippen molar-refractivity contribution in [1.29, 1.82) is 0 Å². The number of hydrogen-bond donors (Lipinski definition) is 2. The van der Waals surface area contributed by atoms with Gasteiger partial charge in [-0.25, -0.2) is 0 Å². The molecule has 26 heavy (non-hydrogen) atoms. The minimum absolute atomic E-state index is 0.0484. The number of methoxy groups -OCH3 is 1. The Labute approximate surface area is 159 Å². The maximum atomic E-state index is 12.7. The van der Waals surface area contributed by atoms with E-state index in [0.29, 0.717) is 0 Å². The van der Waals surface area contributed by atoms with E-state index in [1.165, 1.54) is 10.4 Å². The van der Waals surface area contributed by atoms with Crippen molar-refractivity contribution in [2.75, 3.05) is 32.6 Å². The van der Waals surface area contributed by atoms with Gasteiger partial charge in [-0.2, -0.15) is 0 Å². The fourth-order valence-corrected chi connectivity index (χ4v) is 4.43. The zero-order chi connectivity index (χ0) is 18.6. The highest BCUT2D eigenvalue weighted by Gasteiger charge is 2.41. The number of nitrogens with one attached hydrogen (secondary N) is 2. The first-order valence-electron chi connectivity index (χ1n) is 8.96. The van der Waals surface area contributed by atoms with Crippen LogP contribution in [0.3, 0.4) is 0 Å². The molecular formula is C20H27N3O2S. The minimum Gasteiger partial charge on any atom is -0.497 e. The van der Waals surface area contributed by atoms with Gasteiger partial charge in [0.25, 0.3) is 0 Å². The summed E-state index contributed by atoms with van der Waals surface area (Å²) in [6.45, 7) is 4.91. The Morgan fingerprint density at radius 2 is 2.08 bits per heavy atom. The summed E-state index contributed by atoms with van der Waals surface area (Å²) >= 11 is 1.81. The number of carbonyl (C=O) groups is 1. The number of ether oxygens (including phenoxy) is 1. The first-order chi connectivity index (χ1) is 12.6. The number of aryl methyl sites for hydroxylation is 1. The van der Waals surface area contributed by atoms with Crippen LogP contribution in [-0.4, -0.2) is 43.6 Å². The Balaban J connectivity index is 1.71. The van der Waals surface area contributed by atoms with Crippen LogP contribution in [-0.2, 0) is 11.3 Å². The monoisotopic (exact) mass is 373 g/mol. The van der Waals surface area contributed by atoms with Crippen molar-refractivity contribution in [3.05, 3.63) is 46.2 Å². The minimum atomic E-state index is -0.581. The van der Waals surface area contributed by atoms with Crippen molar-refractivity contribution in [2.24, 2.45) is 0 Å². The smallest absolute Gasteiger partial charge is 0.245 e. The van der Waals surface area contributed by atoms with Gasteiger partial charge in [-0.3, -0.25) is 9.69 Å². The number of piperidine rings is 1. The van der Waals surface area contributed by atoms with Crippen molar-refractivity contribution in [1.82, 2.24) is 10.2 Å². The quantitative estimate of drug-likeness (QED) is 0.816. The zero-order valence-electron chi connectivity index (χ0n) is 15.7. The van der Waals surface area contributed by atoms with E-state index in [2.05, 4.69) is 33.9 Å². The number of amides is 1. The molecule has 2 aromatic rings. The lowest BCUT2D eigenvalue weighted by atomic mass is 9.86. The Morgan fingerprint density at radius 1 is 1.31 bits per heavy atom. The summed E-state index contributed by atoms with van der Waals surface area (Å²) in [7, 11) is 3.36. The van der Waals surface area contributed by atoms with Crippen LogP contribution in [0.2, 0.25) is 0 Å². The van der Waals surface area contributed by atoms with E-state index < -0.39 is 5.54 Å². The van der Waals surface area contributed by atoms with Gasteiger partial charge in [0.2, 0.25) is 5.91 Å². The number of nitrogens with zero attached hydrogens (tertiary/aromatic N) is 1. The number of thiophene rings is 1. The Bertz CT molecular complexity index is 751. The molecule has 1 fully saturated rings. The highest BCUT2D eigenvalue weighted by molar-refractivity contribution is 7.10. The molecule has 3 rings (SSSR count). The molecule has 0 saturated carbocycles. The van der Waals surface area contributed by atoms with Crippen LogP contribution >= 0.6 is 11.3 Å². The summed E-state index contributed by atoms with van der Waals surface area (Å²) in [5.74, 6) is 0.833. The van der Waals surface area contributed by atoms with Gasteiger partial charge in [0.1, 0.15) is 11.3 Å². The molecule has 1 amide bonds. The third-order valence-electron chi connectivity index (χ3n) is 5.16. The normalized spacial score (nSPS) is 16.9. The van der Waals surface area contributed by atoms with Gasteiger partial charge < -0.3 is 15.4 Å². The van der Waals surface area contributed by atoms with Crippen LogP contribution in [0.4, 0.5) is 5.69 Å². The molecule has 6 heteroatoms. The fourth-order valence-electron chi connectivity index (χ4n) is 3.49. The second kappa shape index (κ2) is 8.10. The average molecular weight is 374 g/mol. The largest absolute Gasteiger partial charge is 0.497 e. The Kier molecular flexibility index (Phi) is 5.84. The van der Waals surface area contributed by atoms with Crippen LogP contribution in [0, 0.1) is 6.92 Å². The molecule has 1 saturated heterocycles. The number of hydrogen-bond acceptors (Lipinski definition) is 5. The Hall–Kier alpha value is -2.05. The second-order valence-corrected chi connectivity index (χ2v) is 7.82. The summed E-state index contributed by atoms with van der Waals surface area (Å²) in [6.07, 6.45) is 1.54. The standard InChI is InChI=1S/C20H27N3O2S/c1-15-7-12-26-18(15)14-23-10-8-20(9-11-23,19(24)21-2)22-16-5-4-6-17(13-16)25-3/h4-7,12-13,22H,8-11,14H2,1-3H3,(H,21,24). The lowest BCUT2D eigenvalue weighted by Crippen LogP contribution is -2.57. The lowest BCUT2D eigenvalue weighted by molar-refractivity contribution is -0.126. The maximum Gasteiger partial charge on any atom is 0.245 e. The van der Waals surface area contributed by atoms with E-state index >= 15 is 0 Å². The summed E-state index contributed by atoms with van der Waals surface area (Å²) in [5, 5.41) is 8.49. The van der Waals surface area contributed by atoms with Gasteiger partial charge in [0.05, 0.1) is 7.11 Å². The molecule has 0 unspecified atom stereocenters.